The number of hydrogen-bond donors (Lipinski definition) is 1. The number of benzene rings is 1. The van der Waals surface area contributed by atoms with Gasteiger partial charge in [-0.3, -0.25) is 4.98 Å². The van der Waals surface area contributed by atoms with E-state index in [0.717, 1.165) is 11.1 Å². The minimum absolute atomic E-state index is 0.175. The lowest BCUT2D eigenvalue weighted by Gasteiger charge is -2.16. The van der Waals surface area contributed by atoms with Crippen LogP contribution in [0.3, 0.4) is 0 Å². The number of aromatic nitrogens is 1. The van der Waals surface area contributed by atoms with Gasteiger partial charge in [-0.1, -0.05) is 34.8 Å². The molecule has 1 aromatic carbocycles. The van der Waals surface area contributed by atoms with Crippen molar-refractivity contribution >= 4 is 34.8 Å². The summed E-state index contributed by atoms with van der Waals surface area (Å²) in [7, 11) is 0. The minimum Gasteiger partial charge on any atom is -0.306 e. The van der Waals surface area contributed by atoms with Crippen molar-refractivity contribution in [2.75, 3.05) is 0 Å². The number of nitrogens with zero attached hydrogens (tertiary/aromatic N) is 1. The standard InChI is InChI=1S/C14H13Cl3N2/c1-9(10-4-6-18-7-5-10)19-8-11-12(15)2-3-13(16)14(11)17/h2-7,9,19H,8H2,1H3/t9-/m1/s1. The summed E-state index contributed by atoms with van der Waals surface area (Å²) >= 11 is 18.3. The third-order valence-electron chi connectivity index (χ3n) is 2.93. The lowest BCUT2D eigenvalue weighted by molar-refractivity contribution is 0.574. The van der Waals surface area contributed by atoms with Crippen LogP contribution in [0.2, 0.25) is 15.1 Å². The maximum Gasteiger partial charge on any atom is 0.0652 e. The summed E-state index contributed by atoms with van der Waals surface area (Å²) in [6.07, 6.45) is 3.54. The molecule has 100 valence electrons. The van der Waals surface area contributed by atoms with Crippen LogP contribution in [0.4, 0.5) is 0 Å². The smallest absolute Gasteiger partial charge is 0.0652 e. The van der Waals surface area contributed by atoms with Crippen molar-refractivity contribution < 1.29 is 0 Å². The zero-order valence-corrected chi connectivity index (χ0v) is 12.6. The van der Waals surface area contributed by atoms with Crippen LogP contribution >= 0.6 is 34.8 Å². The fourth-order valence-corrected chi connectivity index (χ4v) is 2.44. The van der Waals surface area contributed by atoms with Gasteiger partial charge in [0.2, 0.25) is 0 Å². The van der Waals surface area contributed by atoms with Gasteiger partial charge in [0.1, 0.15) is 0 Å². The molecule has 0 aliphatic carbocycles. The Hall–Kier alpha value is -0.800. The summed E-state index contributed by atoms with van der Waals surface area (Å²) in [5.41, 5.74) is 1.97. The summed E-state index contributed by atoms with van der Waals surface area (Å²) in [4.78, 5) is 4.00. The molecule has 0 aliphatic heterocycles. The van der Waals surface area contributed by atoms with Gasteiger partial charge in [0.15, 0.2) is 0 Å². The lowest BCUT2D eigenvalue weighted by atomic mass is 10.1. The molecule has 2 rings (SSSR count). The van der Waals surface area contributed by atoms with E-state index in [1.807, 2.05) is 12.1 Å². The van der Waals surface area contributed by atoms with E-state index >= 15 is 0 Å². The summed E-state index contributed by atoms with van der Waals surface area (Å²) in [5, 5.41) is 5.00. The highest BCUT2D eigenvalue weighted by Gasteiger charge is 2.11. The average Bonchev–Trinajstić information content (AvgIpc) is 2.44. The number of nitrogens with one attached hydrogen (secondary N) is 1. The molecule has 5 heteroatoms. The quantitative estimate of drug-likeness (QED) is 0.812. The zero-order valence-electron chi connectivity index (χ0n) is 10.3. The highest BCUT2D eigenvalue weighted by atomic mass is 35.5. The Labute approximate surface area is 127 Å². The molecule has 0 amide bonds. The number of rotatable bonds is 4. The van der Waals surface area contributed by atoms with Gasteiger partial charge < -0.3 is 5.32 Å². The van der Waals surface area contributed by atoms with E-state index in [1.165, 1.54) is 0 Å². The van der Waals surface area contributed by atoms with Gasteiger partial charge in [-0.15, -0.1) is 0 Å². The Balaban J connectivity index is 2.09. The van der Waals surface area contributed by atoms with Crippen LogP contribution in [0.15, 0.2) is 36.7 Å². The second-order valence-corrected chi connectivity index (χ2v) is 5.40. The first kappa shape index (κ1) is 14.6. The Morgan fingerprint density at radius 3 is 2.37 bits per heavy atom. The minimum atomic E-state index is 0.175. The molecular formula is C14H13Cl3N2. The van der Waals surface area contributed by atoms with Gasteiger partial charge in [0.25, 0.3) is 0 Å². The van der Waals surface area contributed by atoms with Gasteiger partial charge in [-0.25, -0.2) is 0 Å². The molecule has 0 saturated carbocycles. The SMILES string of the molecule is C[C@@H](NCc1c(Cl)ccc(Cl)c1Cl)c1ccncc1. The van der Waals surface area contributed by atoms with Crippen molar-refractivity contribution in [1.29, 1.82) is 0 Å². The molecule has 19 heavy (non-hydrogen) atoms. The van der Waals surface area contributed by atoms with Crippen molar-refractivity contribution in [3.05, 3.63) is 62.9 Å². The van der Waals surface area contributed by atoms with Crippen LogP contribution in [0, 0.1) is 0 Å². The number of pyridine rings is 1. The first-order chi connectivity index (χ1) is 9.09. The predicted molar refractivity (Wildman–Crippen MR) is 81.0 cm³/mol. The molecule has 0 unspecified atom stereocenters. The molecule has 1 heterocycles. The average molecular weight is 316 g/mol. The fraction of sp³-hybridized carbons (Fsp3) is 0.214. The van der Waals surface area contributed by atoms with E-state index < -0.39 is 0 Å². The van der Waals surface area contributed by atoms with Gasteiger partial charge in [-0.2, -0.15) is 0 Å². The second-order valence-electron chi connectivity index (χ2n) is 4.20. The Morgan fingerprint density at radius 2 is 1.68 bits per heavy atom. The van der Waals surface area contributed by atoms with Crippen molar-refractivity contribution in [2.24, 2.45) is 0 Å². The lowest BCUT2D eigenvalue weighted by Crippen LogP contribution is -2.18. The molecule has 1 atom stereocenters. The molecule has 0 radical (unpaired) electrons. The van der Waals surface area contributed by atoms with Crippen molar-refractivity contribution in [1.82, 2.24) is 10.3 Å². The molecule has 0 fully saturated rings. The normalized spacial score (nSPS) is 12.4. The third-order valence-corrected chi connectivity index (χ3v) is 4.13. The van der Waals surface area contributed by atoms with Crippen LogP contribution in [0.5, 0.6) is 0 Å². The van der Waals surface area contributed by atoms with Gasteiger partial charge in [-0.05, 0) is 36.8 Å². The molecule has 2 aromatic rings. The first-order valence-electron chi connectivity index (χ1n) is 5.85. The Kier molecular flexibility index (Phi) is 5.06. The first-order valence-corrected chi connectivity index (χ1v) is 6.98. The Morgan fingerprint density at radius 1 is 1.05 bits per heavy atom. The van der Waals surface area contributed by atoms with Crippen molar-refractivity contribution in [2.45, 2.75) is 19.5 Å². The van der Waals surface area contributed by atoms with Crippen LogP contribution in [-0.4, -0.2) is 4.98 Å². The number of hydrogen-bond acceptors (Lipinski definition) is 2. The largest absolute Gasteiger partial charge is 0.306 e. The molecule has 0 bridgehead atoms. The van der Waals surface area contributed by atoms with E-state index in [9.17, 15) is 0 Å². The third kappa shape index (κ3) is 3.61. The van der Waals surface area contributed by atoms with Crippen LogP contribution in [-0.2, 0) is 6.54 Å². The summed E-state index contributed by atoms with van der Waals surface area (Å²) < 4.78 is 0. The molecular weight excluding hydrogens is 303 g/mol. The van der Waals surface area contributed by atoms with E-state index in [2.05, 4.69) is 17.2 Å². The topological polar surface area (TPSA) is 24.9 Å². The highest BCUT2D eigenvalue weighted by Crippen LogP contribution is 2.31. The molecule has 2 nitrogen and oxygen atoms in total. The molecule has 0 spiro atoms. The fourth-order valence-electron chi connectivity index (χ4n) is 1.76. The molecule has 1 aromatic heterocycles. The molecule has 1 N–H and O–H groups in total. The van der Waals surface area contributed by atoms with Gasteiger partial charge in [0, 0.05) is 35.6 Å². The second kappa shape index (κ2) is 6.58. The summed E-state index contributed by atoms with van der Waals surface area (Å²) in [5.74, 6) is 0. The van der Waals surface area contributed by atoms with Gasteiger partial charge >= 0.3 is 0 Å². The summed E-state index contributed by atoms with van der Waals surface area (Å²) in [6.45, 7) is 2.63. The zero-order chi connectivity index (χ0) is 13.8. The van der Waals surface area contributed by atoms with Crippen LogP contribution < -0.4 is 5.32 Å². The summed E-state index contributed by atoms with van der Waals surface area (Å²) in [6, 6.07) is 7.57. The number of halogens is 3. The van der Waals surface area contributed by atoms with E-state index in [0.29, 0.717) is 21.6 Å². The van der Waals surface area contributed by atoms with E-state index in [1.54, 1.807) is 24.5 Å². The maximum absolute atomic E-state index is 6.16. The van der Waals surface area contributed by atoms with E-state index in [4.69, 9.17) is 34.8 Å². The monoisotopic (exact) mass is 314 g/mol. The van der Waals surface area contributed by atoms with Gasteiger partial charge in [0.05, 0.1) is 10.0 Å². The predicted octanol–water partition coefficient (Wildman–Crippen LogP) is 4.89. The van der Waals surface area contributed by atoms with Crippen LogP contribution in [0.1, 0.15) is 24.1 Å². The van der Waals surface area contributed by atoms with E-state index in [-0.39, 0.29) is 6.04 Å². The molecule has 0 aliphatic rings. The van der Waals surface area contributed by atoms with Crippen molar-refractivity contribution in [3.8, 4) is 0 Å². The highest BCUT2D eigenvalue weighted by molar-refractivity contribution is 6.44. The van der Waals surface area contributed by atoms with Crippen molar-refractivity contribution in [3.63, 3.8) is 0 Å². The Bertz CT molecular complexity index is 558. The maximum atomic E-state index is 6.16. The van der Waals surface area contributed by atoms with Crippen LogP contribution in [0.25, 0.3) is 0 Å². The molecule has 0 saturated heterocycles.